The zero-order chi connectivity index (χ0) is 30.6. The summed E-state index contributed by atoms with van der Waals surface area (Å²) >= 11 is 0. The second-order valence-corrected chi connectivity index (χ2v) is 11.4. The van der Waals surface area contributed by atoms with Crippen molar-refractivity contribution in [1.29, 1.82) is 0 Å². The second kappa shape index (κ2) is 15.6. The molecule has 0 saturated heterocycles. The Morgan fingerprint density at radius 3 is 1.36 bits per heavy atom. The standard InChI is InChI=1S/C42H43NO/c1-4-5-6-7-32-44-42-30-28-41(29-31-42)43(3)40-26-20-37(21-27-40)15-14-36-18-24-39(25-19-36)38-22-16-35(17-23-38)13-12-34-10-8-33(2)9-11-34/h8-31H,4-7,32H2,1-3H3/b13-12+,15-14+. The fourth-order valence-corrected chi connectivity index (χ4v) is 5.08. The minimum absolute atomic E-state index is 0.788. The molecule has 2 nitrogen and oxygen atoms in total. The number of aryl methyl sites for hydroxylation is 1. The number of nitrogens with zero attached hydrogens (tertiary/aromatic N) is 1. The molecule has 0 unspecified atom stereocenters. The van der Waals surface area contributed by atoms with Crippen LogP contribution in [0.3, 0.4) is 0 Å². The number of hydrogen-bond donors (Lipinski definition) is 0. The molecule has 2 heteroatoms. The topological polar surface area (TPSA) is 12.5 Å². The van der Waals surface area contributed by atoms with E-state index in [1.807, 2.05) is 0 Å². The Morgan fingerprint density at radius 2 is 0.909 bits per heavy atom. The first-order valence-corrected chi connectivity index (χ1v) is 15.8. The molecule has 0 saturated carbocycles. The molecule has 0 fully saturated rings. The van der Waals surface area contributed by atoms with Gasteiger partial charge in [-0.15, -0.1) is 0 Å². The van der Waals surface area contributed by atoms with Crippen LogP contribution in [-0.4, -0.2) is 13.7 Å². The first-order valence-electron chi connectivity index (χ1n) is 15.8. The van der Waals surface area contributed by atoms with Gasteiger partial charge in [-0.05, 0) is 83.1 Å². The van der Waals surface area contributed by atoms with Crippen LogP contribution in [-0.2, 0) is 0 Å². The van der Waals surface area contributed by atoms with E-state index in [1.165, 1.54) is 58.2 Å². The highest BCUT2D eigenvalue weighted by molar-refractivity contribution is 5.75. The third-order valence-corrected chi connectivity index (χ3v) is 7.94. The second-order valence-electron chi connectivity index (χ2n) is 11.4. The van der Waals surface area contributed by atoms with Crippen LogP contribution in [0.2, 0.25) is 0 Å². The summed E-state index contributed by atoms with van der Waals surface area (Å²) in [5.74, 6) is 0.937. The minimum Gasteiger partial charge on any atom is -0.494 e. The van der Waals surface area contributed by atoms with E-state index < -0.39 is 0 Å². The van der Waals surface area contributed by atoms with Gasteiger partial charge in [0.1, 0.15) is 5.75 Å². The van der Waals surface area contributed by atoms with Crippen molar-refractivity contribution in [2.45, 2.75) is 39.5 Å². The van der Waals surface area contributed by atoms with Crippen molar-refractivity contribution in [3.05, 3.63) is 149 Å². The molecule has 0 bridgehead atoms. The lowest BCUT2D eigenvalue weighted by Crippen LogP contribution is -2.09. The lowest BCUT2D eigenvalue weighted by molar-refractivity contribution is 0.305. The van der Waals surface area contributed by atoms with Crippen molar-refractivity contribution < 1.29 is 4.74 Å². The summed E-state index contributed by atoms with van der Waals surface area (Å²) in [7, 11) is 2.10. The van der Waals surface area contributed by atoms with E-state index in [2.05, 4.69) is 171 Å². The van der Waals surface area contributed by atoms with Gasteiger partial charge in [0, 0.05) is 18.4 Å². The van der Waals surface area contributed by atoms with Crippen LogP contribution >= 0.6 is 0 Å². The van der Waals surface area contributed by atoms with Crippen LogP contribution in [0, 0.1) is 6.92 Å². The third-order valence-electron chi connectivity index (χ3n) is 7.94. The van der Waals surface area contributed by atoms with Crippen LogP contribution in [0.1, 0.15) is 60.4 Å². The molecular formula is C42H43NO. The van der Waals surface area contributed by atoms with Crippen molar-refractivity contribution >= 4 is 35.7 Å². The monoisotopic (exact) mass is 577 g/mol. The first kappa shape index (κ1) is 30.6. The Morgan fingerprint density at radius 1 is 0.500 bits per heavy atom. The lowest BCUT2D eigenvalue weighted by atomic mass is 10.0. The molecular weight excluding hydrogens is 534 g/mol. The van der Waals surface area contributed by atoms with Gasteiger partial charge < -0.3 is 9.64 Å². The summed E-state index contributed by atoms with van der Waals surface area (Å²) in [6, 6.07) is 43.1. The maximum atomic E-state index is 5.90. The molecule has 0 atom stereocenters. The summed E-state index contributed by atoms with van der Waals surface area (Å²) in [6.07, 6.45) is 13.5. The van der Waals surface area contributed by atoms with Gasteiger partial charge in [-0.3, -0.25) is 0 Å². The highest BCUT2D eigenvalue weighted by Crippen LogP contribution is 2.27. The fraction of sp³-hybridized carbons (Fsp3) is 0.190. The molecule has 5 aromatic rings. The number of anilines is 2. The summed E-state index contributed by atoms with van der Waals surface area (Å²) in [5, 5.41) is 0. The van der Waals surface area contributed by atoms with E-state index in [0.717, 1.165) is 30.2 Å². The normalized spacial score (nSPS) is 11.3. The minimum atomic E-state index is 0.788. The van der Waals surface area contributed by atoms with Crippen LogP contribution in [0.25, 0.3) is 35.4 Å². The molecule has 0 aromatic heterocycles. The van der Waals surface area contributed by atoms with Crippen LogP contribution in [0.5, 0.6) is 5.75 Å². The molecule has 0 aliphatic heterocycles. The Labute approximate surface area is 264 Å². The van der Waals surface area contributed by atoms with E-state index >= 15 is 0 Å². The maximum Gasteiger partial charge on any atom is 0.119 e. The predicted molar refractivity (Wildman–Crippen MR) is 191 cm³/mol. The first-order chi connectivity index (χ1) is 21.6. The zero-order valence-electron chi connectivity index (χ0n) is 26.2. The third kappa shape index (κ3) is 8.84. The van der Waals surface area contributed by atoms with Gasteiger partial charge in [-0.1, -0.05) is 141 Å². The predicted octanol–water partition coefficient (Wildman–Crippen LogP) is 11.7. The Bertz CT molecular complexity index is 1630. The largest absolute Gasteiger partial charge is 0.494 e. The highest BCUT2D eigenvalue weighted by Gasteiger charge is 2.05. The number of ether oxygens (including phenoxy) is 1. The number of rotatable bonds is 13. The van der Waals surface area contributed by atoms with E-state index in [0.29, 0.717) is 0 Å². The number of hydrogen-bond acceptors (Lipinski definition) is 2. The van der Waals surface area contributed by atoms with Gasteiger partial charge in [-0.25, -0.2) is 0 Å². The Kier molecular flexibility index (Phi) is 10.9. The molecule has 0 aliphatic rings. The van der Waals surface area contributed by atoms with Crippen molar-refractivity contribution in [2.24, 2.45) is 0 Å². The van der Waals surface area contributed by atoms with Crippen LogP contribution in [0.15, 0.2) is 121 Å². The fourth-order valence-electron chi connectivity index (χ4n) is 5.08. The molecule has 44 heavy (non-hydrogen) atoms. The summed E-state index contributed by atoms with van der Waals surface area (Å²) in [5.41, 5.74) is 10.8. The van der Waals surface area contributed by atoms with Crippen molar-refractivity contribution in [1.82, 2.24) is 0 Å². The molecule has 0 aliphatic carbocycles. The van der Waals surface area contributed by atoms with E-state index in [1.54, 1.807) is 0 Å². The molecule has 0 amide bonds. The molecule has 222 valence electrons. The van der Waals surface area contributed by atoms with Crippen LogP contribution in [0.4, 0.5) is 11.4 Å². The smallest absolute Gasteiger partial charge is 0.119 e. The van der Waals surface area contributed by atoms with Gasteiger partial charge in [-0.2, -0.15) is 0 Å². The quantitative estimate of drug-likeness (QED) is 0.102. The Balaban J connectivity index is 1.13. The average molecular weight is 578 g/mol. The van der Waals surface area contributed by atoms with E-state index in [4.69, 9.17) is 4.74 Å². The molecule has 0 N–H and O–H groups in total. The van der Waals surface area contributed by atoms with Gasteiger partial charge in [0.05, 0.1) is 6.61 Å². The van der Waals surface area contributed by atoms with Crippen LogP contribution < -0.4 is 9.64 Å². The molecule has 0 spiro atoms. The summed E-state index contributed by atoms with van der Waals surface area (Å²) in [4.78, 5) is 2.20. The average Bonchev–Trinajstić information content (AvgIpc) is 3.08. The highest BCUT2D eigenvalue weighted by atomic mass is 16.5. The SMILES string of the molecule is CCCCCCOc1ccc(N(C)c2ccc(/C=C/c3ccc(-c4ccc(/C=C/c5ccc(C)cc5)cc4)cc3)cc2)cc1. The van der Waals surface area contributed by atoms with Crippen molar-refractivity contribution in [2.75, 3.05) is 18.6 Å². The van der Waals surface area contributed by atoms with E-state index in [-0.39, 0.29) is 0 Å². The molecule has 5 aromatic carbocycles. The molecule has 5 rings (SSSR count). The maximum absolute atomic E-state index is 5.90. The lowest BCUT2D eigenvalue weighted by Gasteiger charge is -2.20. The van der Waals surface area contributed by atoms with Gasteiger partial charge >= 0.3 is 0 Å². The summed E-state index contributed by atoms with van der Waals surface area (Å²) in [6.45, 7) is 5.13. The van der Waals surface area contributed by atoms with Gasteiger partial charge in [0.2, 0.25) is 0 Å². The number of benzene rings is 5. The zero-order valence-corrected chi connectivity index (χ0v) is 26.2. The van der Waals surface area contributed by atoms with E-state index in [9.17, 15) is 0 Å². The summed E-state index contributed by atoms with van der Waals surface area (Å²) < 4.78 is 5.90. The van der Waals surface area contributed by atoms with Crippen molar-refractivity contribution in [3.8, 4) is 16.9 Å². The van der Waals surface area contributed by atoms with Crippen molar-refractivity contribution in [3.63, 3.8) is 0 Å². The molecule has 0 heterocycles. The van der Waals surface area contributed by atoms with Gasteiger partial charge in [0.15, 0.2) is 0 Å². The Hall–Kier alpha value is -4.82. The number of unbranched alkanes of at least 4 members (excludes halogenated alkanes) is 3. The molecule has 0 radical (unpaired) electrons. The van der Waals surface area contributed by atoms with Gasteiger partial charge in [0.25, 0.3) is 0 Å².